The molecule has 17 nitrogen and oxygen atoms in total. The lowest BCUT2D eigenvalue weighted by Crippen LogP contribution is -2.30. The maximum Gasteiger partial charge on any atom is 0.472 e. The number of carbonyl (C=O) groups excluding carboxylic acids is 4. The first-order chi connectivity index (χ1) is 42.6. The highest BCUT2D eigenvalue weighted by atomic mass is 31.2. The lowest BCUT2D eigenvalue weighted by molar-refractivity contribution is -0.161. The predicted octanol–water partition coefficient (Wildman–Crippen LogP) is 19.7. The Labute approximate surface area is 543 Å². The van der Waals surface area contributed by atoms with E-state index in [1.54, 1.807) is 0 Å². The van der Waals surface area contributed by atoms with Gasteiger partial charge in [0.05, 0.1) is 26.4 Å². The van der Waals surface area contributed by atoms with E-state index in [-0.39, 0.29) is 25.7 Å². The predicted molar refractivity (Wildman–Crippen MR) is 358 cm³/mol. The Morgan fingerprint density at radius 1 is 0.281 bits per heavy atom. The number of carbonyl (C=O) groups is 4. The van der Waals surface area contributed by atoms with Gasteiger partial charge in [-0.1, -0.05) is 293 Å². The number of phosphoric ester groups is 2. The number of esters is 4. The molecule has 3 N–H and O–H groups in total. The first-order valence-corrected chi connectivity index (χ1v) is 39.2. The van der Waals surface area contributed by atoms with Gasteiger partial charge >= 0.3 is 39.5 Å². The van der Waals surface area contributed by atoms with E-state index in [0.29, 0.717) is 37.5 Å². The number of ether oxygens (including phenoxy) is 4. The molecule has 5 atom stereocenters. The summed E-state index contributed by atoms with van der Waals surface area (Å²) < 4.78 is 68.2. The van der Waals surface area contributed by atoms with Crippen molar-refractivity contribution in [2.75, 3.05) is 39.6 Å². The SMILES string of the molecule is CC(C)CCCCCCCCCCCCCCC(=O)O[C@H](COC(=O)CCCCCCCCCC(C)C)COP(=O)(O)OC[C@@H](O)COP(=O)(O)OC[C@@H](COC(=O)CCCCCCCCC(C)C)OC(=O)CCCCCCCCCCCCCCC(C)C. The van der Waals surface area contributed by atoms with Crippen molar-refractivity contribution in [2.45, 2.75) is 363 Å². The fourth-order valence-electron chi connectivity index (χ4n) is 10.5. The lowest BCUT2D eigenvalue weighted by atomic mass is 10.0. The summed E-state index contributed by atoms with van der Waals surface area (Å²) in [5, 5.41) is 10.6. The van der Waals surface area contributed by atoms with Crippen molar-refractivity contribution < 1.29 is 80.2 Å². The molecule has 0 saturated heterocycles. The second kappa shape index (κ2) is 59.8. The van der Waals surface area contributed by atoms with Crippen LogP contribution in [0.5, 0.6) is 0 Å². The molecule has 2 unspecified atom stereocenters. The normalized spacial score (nSPS) is 14.3. The molecule has 0 fully saturated rings. The largest absolute Gasteiger partial charge is 0.472 e. The highest BCUT2D eigenvalue weighted by molar-refractivity contribution is 7.47. The van der Waals surface area contributed by atoms with E-state index >= 15 is 0 Å². The molecule has 528 valence electrons. The van der Waals surface area contributed by atoms with E-state index in [9.17, 15) is 43.2 Å². The summed E-state index contributed by atoms with van der Waals surface area (Å²) in [6, 6.07) is 0. The van der Waals surface area contributed by atoms with Crippen LogP contribution in [0.25, 0.3) is 0 Å². The van der Waals surface area contributed by atoms with E-state index in [0.717, 1.165) is 115 Å². The Morgan fingerprint density at radius 3 is 0.697 bits per heavy atom. The summed E-state index contributed by atoms with van der Waals surface area (Å²) in [4.78, 5) is 72.5. The topological polar surface area (TPSA) is 237 Å². The van der Waals surface area contributed by atoms with Crippen LogP contribution in [0.2, 0.25) is 0 Å². The molecule has 0 aliphatic heterocycles. The van der Waals surface area contributed by atoms with Gasteiger partial charge in [0, 0.05) is 25.7 Å². The van der Waals surface area contributed by atoms with Gasteiger partial charge in [0.2, 0.25) is 0 Å². The first-order valence-electron chi connectivity index (χ1n) is 36.2. The molecule has 0 rings (SSSR count). The van der Waals surface area contributed by atoms with E-state index in [1.807, 2.05) is 0 Å². The fraction of sp³-hybridized carbons (Fsp3) is 0.943. The van der Waals surface area contributed by atoms with Crippen LogP contribution in [0, 0.1) is 23.7 Å². The quantitative estimate of drug-likeness (QED) is 0.0222. The van der Waals surface area contributed by atoms with Crippen LogP contribution < -0.4 is 0 Å². The molecule has 0 aliphatic carbocycles. The Balaban J connectivity index is 5.23. The van der Waals surface area contributed by atoms with Crippen molar-refractivity contribution in [1.29, 1.82) is 0 Å². The third kappa shape index (κ3) is 64.6. The Hall–Kier alpha value is -1.94. The number of hydrogen-bond acceptors (Lipinski definition) is 15. The van der Waals surface area contributed by atoms with E-state index in [2.05, 4.69) is 55.4 Å². The minimum atomic E-state index is -4.95. The molecule has 0 radical (unpaired) electrons. The zero-order valence-corrected chi connectivity index (χ0v) is 59.8. The molecule has 0 saturated carbocycles. The summed E-state index contributed by atoms with van der Waals surface area (Å²) in [7, 11) is -9.90. The van der Waals surface area contributed by atoms with Gasteiger partial charge in [-0.05, 0) is 49.4 Å². The molecule has 19 heteroatoms. The Bertz CT molecular complexity index is 1760. The molecule has 0 bridgehead atoms. The molecule has 89 heavy (non-hydrogen) atoms. The monoisotopic (exact) mass is 1310 g/mol. The third-order valence-electron chi connectivity index (χ3n) is 16.1. The van der Waals surface area contributed by atoms with Crippen LogP contribution >= 0.6 is 15.6 Å². The van der Waals surface area contributed by atoms with E-state index in [4.69, 9.17) is 37.0 Å². The van der Waals surface area contributed by atoms with Crippen LogP contribution in [-0.4, -0.2) is 96.7 Å². The number of aliphatic hydroxyl groups excluding tert-OH is 1. The smallest absolute Gasteiger partial charge is 0.462 e. The van der Waals surface area contributed by atoms with Gasteiger partial charge in [0.1, 0.15) is 19.3 Å². The summed E-state index contributed by atoms with van der Waals surface area (Å²) >= 11 is 0. The van der Waals surface area contributed by atoms with Crippen LogP contribution in [0.1, 0.15) is 344 Å². The summed E-state index contributed by atoms with van der Waals surface area (Å²) in [6.07, 6.45) is 41.9. The second-order valence-electron chi connectivity index (χ2n) is 27.2. The highest BCUT2D eigenvalue weighted by Crippen LogP contribution is 2.45. The third-order valence-corrected chi connectivity index (χ3v) is 18.0. The number of unbranched alkanes of at least 4 members (excludes halogenated alkanes) is 33. The molecule has 0 aromatic heterocycles. The molecule has 0 aliphatic rings. The van der Waals surface area contributed by atoms with Gasteiger partial charge in [-0.2, -0.15) is 0 Å². The van der Waals surface area contributed by atoms with Crippen molar-refractivity contribution in [3.8, 4) is 0 Å². The average molecular weight is 1310 g/mol. The van der Waals surface area contributed by atoms with Gasteiger partial charge < -0.3 is 33.8 Å². The van der Waals surface area contributed by atoms with Gasteiger partial charge in [-0.3, -0.25) is 37.3 Å². The van der Waals surface area contributed by atoms with Gasteiger partial charge in [0.15, 0.2) is 12.2 Å². The lowest BCUT2D eigenvalue weighted by Gasteiger charge is -2.21. The van der Waals surface area contributed by atoms with Crippen LogP contribution in [-0.2, 0) is 65.4 Å². The molecule has 0 spiro atoms. The zero-order chi connectivity index (χ0) is 66.1. The van der Waals surface area contributed by atoms with Crippen LogP contribution in [0.4, 0.5) is 0 Å². The summed E-state index contributed by atoms with van der Waals surface area (Å²) in [5.74, 6) is 0.806. The second-order valence-corrected chi connectivity index (χ2v) is 30.1. The van der Waals surface area contributed by atoms with Crippen molar-refractivity contribution in [2.24, 2.45) is 23.7 Å². The van der Waals surface area contributed by atoms with Crippen LogP contribution in [0.3, 0.4) is 0 Å². The molecule has 0 heterocycles. The van der Waals surface area contributed by atoms with Gasteiger partial charge in [-0.25, -0.2) is 9.13 Å². The fourth-order valence-corrected chi connectivity index (χ4v) is 12.1. The molecular weight excluding hydrogens is 1170 g/mol. The number of rotatable bonds is 67. The van der Waals surface area contributed by atoms with Crippen molar-refractivity contribution >= 4 is 39.5 Å². The van der Waals surface area contributed by atoms with Crippen LogP contribution in [0.15, 0.2) is 0 Å². The Morgan fingerprint density at radius 2 is 0.472 bits per heavy atom. The molecule has 0 amide bonds. The molecular formula is C70H136O17P2. The highest BCUT2D eigenvalue weighted by Gasteiger charge is 2.30. The maximum atomic E-state index is 13.0. The standard InChI is InChI=1S/C70H136O17P2/c1-60(2)46-38-30-22-17-13-9-11-15-19-25-36-44-52-69(74)86-65(56-80-67(72)50-42-34-27-21-24-32-40-48-62(5)6)58-84-88(76,77)82-54-64(71)55-83-89(78,79)85-59-66(57-81-68(73)51-43-35-29-28-33-41-49-63(7)8)87-70(75)53-45-37-26-20-16-12-10-14-18-23-31-39-47-61(3)4/h60-66,71H,9-59H2,1-8H3,(H,76,77)(H,78,79)/t64-,65-,66-/m1/s1. The minimum Gasteiger partial charge on any atom is -0.462 e. The summed E-state index contributed by atoms with van der Waals surface area (Å²) in [6.45, 7) is 14.0. The van der Waals surface area contributed by atoms with Crippen molar-refractivity contribution in [3.05, 3.63) is 0 Å². The van der Waals surface area contributed by atoms with E-state index < -0.39 is 97.5 Å². The molecule has 0 aromatic rings. The number of phosphoric acid groups is 2. The van der Waals surface area contributed by atoms with Crippen molar-refractivity contribution in [3.63, 3.8) is 0 Å². The van der Waals surface area contributed by atoms with Gasteiger partial charge in [-0.15, -0.1) is 0 Å². The van der Waals surface area contributed by atoms with Gasteiger partial charge in [0.25, 0.3) is 0 Å². The maximum absolute atomic E-state index is 13.0. The summed E-state index contributed by atoms with van der Waals surface area (Å²) in [5.41, 5.74) is 0. The number of aliphatic hydroxyl groups is 1. The Kier molecular flexibility index (Phi) is 58.5. The first kappa shape index (κ1) is 87.1. The average Bonchev–Trinajstić information content (AvgIpc) is 3.60. The zero-order valence-electron chi connectivity index (χ0n) is 58.1. The molecule has 0 aromatic carbocycles. The minimum absolute atomic E-state index is 0.105. The van der Waals surface area contributed by atoms with Crippen molar-refractivity contribution in [1.82, 2.24) is 0 Å². The van der Waals surface area contributed by atoms with E-state index in [1.165, 1.54) is 135 Å². The number of hydrogen-bond donors (Lipinski definition) is 3.